The molecule has 0 spiro atoms. The molecule has 7 heteroatoms. The summed E-state index contributed by atoms with van der Waals surface area (Å²) in [7, 11) is 0. The maximum absolute atomic E-state index is 11.1. The Labute approximate surface area is 109 Å². The number of nitro benzene ring substituents is 1. The number of hydrazine groups is 1. The molecule has 1 saturated heterocycles. The van der Waals surface area contributed by atoms with Crippen LogP contribution in [0.4, 0.5) is 17.1 Å². The van der Waals surface area contributed by atoms with Gasteiger partial charge in [0.05, 0.1) is 4.92 Å². The van der Waals surface area contributed by atoms with E-state index in [1.807, 2.05) is 11.8 Å². The summed E-state index contributed by atoms with van der Waals surface area (Å²) in [6.07, 6.45) is 1.17. The van der Waals surface area contributed by atoms with Gasteiger partial charge in [-0.1, -0.05) is 6.07 Å². The van der Waals surface area contributed by atoms with Crippen LogP contribution in [0.25, 0.3) is 0 Å². The summed E-state index contributed by atoms with van der Waals surface area (Å²) in [5, 5.41) is 14.2. The third-order valence-electron chi connectivity index (χ3n) is 2.98. The van der Waals surface area contributed by atoms with Gasteiger partial charge in [-0.15, -0.1) is 0 Å². The molecule has 1 heterocycles. The van der Waals surface area contributed by atoms with E-state index in [-0.39, 0.29) is 5.69 Å². The topological polar surface area (TPSA) is 93.2 Å². The maximum Gasteiger partial charge on any atom is 0.316 e. The Balaban J connectivity index is 2.13. The van der Waals surface area contributed by atoms with Crippen LogP contribution in [0.15, 0.2) is 18.2 Å². The lowest BCUT2D eigenvalue weighted by atomic mass is 10.1. The molecule has 1 aromatic rings. The van der Waals surface area contributed by atoms with Gasteiger partial charge < -0.3 is 10.7 Å². The number of benzene rings is 1. The lowest BCUT2D eigenvalue weighted by Crippen LogP contribution is -2.15. The van der Waals surface area contributed by atoms with Crippen molar-refractivity contribution in [3.63, 3.8) is 0 Å². The second-order valence-electron chi connectivity index (χ2n) is 4.21. The second-order valence-corrected chi connectivity index (χ2v) is 5.36. The van der Waals surface area contributed by atoms with E-state index in [9.17, 15) is 10.1 Å². The zero-order valence-corrected chi connectivity index (χ0v) is 10.7. The van der Waals surface area contributed by atoms with Crippen LogP contribution in [0.3, 0.4) is 0 Å². The van der Waals surface area contributed by atoms with Crippen LogP contribution in [0.5, 0.6) is 0 Å². The summed E-state index contributed by atoms with van der Waals surface area (Å²) < 4.78 is 0. The maximum atomic E-state index is 11.1. The van der Waals surface area contributed by atoms with Gasteiger partial charge in [0.25, 0.3) is 0 Å². The highest BCUT2D eigenvalue weighted by Gasteiger charge is 2.21. The van der Waals surface area contributed by atoms with Crippen molar-refractivity contribution in [3.05, 3.63) is 28.3 Å². The Morgan fingerprint density at radius 3 is 2.89 bits per heavy atom. The Morgan fingerprint density at radius 2 is 2.28 bits per heavy atom. The number of nitrogens with one attached hydrogen (secondary N) is 2. The normalized spacial score (nSPS) is 18.6. The summed E-state index contributed by atoms with van der Waals surface area (Å²) in [5.74, 6) is 8.18. The highest BCUT2D eigenvalue weighted by molar-refractivity contribution is 7.99. The SMILES string of the molecule is NNc1cccc(NCC2CCSC2)c1[N+](=O)[O-]. The highest BCUT2D eigenvalue weighted by Crippen LogP contribution is 2.33. The zero-order chi connectivity index (χ0) is 13.0. The van der Waals surface area contributed by atoms with E-state index >= 15 is 0 Å². The van der Waals surface area contributed by atoms with E-state index in [2.05, 4.69) is 10.7 Å². The average Bonchev–Trinajstić information content (AvgIpc) is 2.88. The minimum absolute atomic E-state index is 0.00523. The van der Waals surface area contributed by atoms with Gasteiger partial charge in [-0.3, -0.25) is 16.0 Å². The zero-order valence-electron chi connectivity index (χ0n) is 9.89. The molecule has 4 N–H and O–H groups in total. The number of nitrogens with zero attached hydrogens (tertiary/aromatic N) is 1. The predicted molar refractivity (Wildman–Crippen MR) is 74.8 cm³/mol. The van der Waals surface area contributed by atoms with Crippen LogP contribution in [0, 0.1) is 16.0 Å². The molecule has 1 aliphatic rings. The molecule has 98 valence electrons. The van der Waals surface area contributed by atoms with E-state index in [1.54, 1.807) is 18.2 Å². The molecule has 0 radical (unpaired) electrons. The van der Waals surface area contributed by atoms with E-state index in [4.69, 9.17) is 5.84 Å². The first kappa shape index (κ1) is 13.0. The van der Waals surface area contributed by atoms with Crippen LogP contribution < -0.4 is 16.6 Å². The molecule has 0 aliphatic carbocycles. The molecule has 1 aliphatic heterocycles. The van der Waals surface area contributed by atoms with Crippen molar-refractivity contribution < 1.29 is 4.92 Å². The first-order valence-corrected chi connectivity index (χ1v) is 6.93. The monoisotopic (exact) mass is 268 g/mol. The van der Waals surface area contributed by atoms with Crippen LogP contribution in [0.2, 0.25) is 0 Å². The molecule has 1 aromatic carbocycles. The molecule has 2 rings (SSSR count). The van der Waals surface area contributed by atoms with E-state index in [0.717, 1.165) is 12.3 Å². The van der Waals surface area contributed by atoms with Crippen LogP contribution in [0.1, 0.15) is 6.42 Å². The third kappa shape index (κ3) is 2.85. The van der Waals surface area contributed by atoms with E-state index < -0.39 is 4.92 Å². The van der Waals surface area contributed by atoms with Crippen LogP contribution >= 0.6 is 11.8 Å². The fourth-order valence-electron chi connectivity index (χ4n) is 2.00. The first-order chi connectivity index (χ1) is 8.72. The number of nitro groups is 1. The lowest BCUT2D eigenvalue weighted by molar-refractivity contribution is -0.383. The molecule has 0 amide bonds. The van der Waals surface area contributed by atoms with Gasteiger partial charge in [-0.05, 0) is 36.0 Å². The number of para-hydroxylation sites is 1. The van der Waals surface area contributed by atoms with E-state index in [0.29, 0.717) is 17.3 Å². The Kier molecular flexibility index (Phi) is 4.27. The van der Waals surface area contributed by atoms with Crippen LogP contribution in [-0.2, 0) is 0 Å². The number of thioether (sulfide) groups is 1. The number of hydrogen-bond donors (Lipinski definition) is 3. The fourth-order valence-corrected chi connectivity index (χ4v) is 3.28. The van der Waals surface area contributed by atoms with Gasteiger partial charge in [0.15, 0.2) is 0 Å². The molecule has 0 aromatic heterocycles. The Bertz CT molecular complexity index is 435. The minimum Gasteiger partial charge on any atom is -0.379 e. The number of nitrogens with two attached hydrogens (primary N) is 1. The van der Waals surface area contributed by atoms with Crippen molar-refractivity contribution in [2.75, 3.05) is 28.8 Å². The van der Waals surface area contributed by atoms with Gasteiger partial charge in [0.1, 0.15) is 11.4 Å². The van der Waals surface area contributed by atoms with Gasteiger partial charge in [-0.2, -0.15) is 11.8 Å². The quantitative estimate of drug-likeness (QED) is 0.430. The molecule has 0 bridgehead atoms. The number of rotatable bonds is 5. The van der Waals surface area contributed by atoms with Crippen molar-refractivity contribution >= 4 is 28.8 Å². The summed E-state index contributed by atoms with van der Waals surface area (Å²) in [5.41, 5.74) is 3.21. The Hall–Kier alpha value is -1.47. The van der Waals surface area contributed by atoms with Crippen molar-refractivity contribution in [2.45, 2.75) is 6.42 Å². The third-order valence-corrected chi connectivity index (χ3v) is 4.21. The number of hydrogen-bond acceptors (Lipinski definition) is 6. The molecule has 18 heavy (non-hydrogen) atoms. The second kappa shape index (κ2) is 5.92. The standard InChI is InChI=1S/C11H16N4O2S/c12-14-10-3-1-2-9(11(10)15(16)17)13-6-8-4-5-18-7-8/h1-3,8,13-14H,4-7,12H2. The molecule has 1 unspecified atom stereocenters. The van der Waals surface area contributed by atoms with Crippen LogP contribution in [-0.4, -0.2) is 23.0 Å². The van der Waals surface area contributed by atoms with Crippen molar-refractivity contribution in [3.8, 4) is 0 Å². The number of nitrogen functional groups attached to an aromatic ring is 1. The average molecular weight is 268 g/mol. The minimum atomic E-state index is -0.416. The van der Waals surface area contributed by atoms with Gasteiger partial charge in [0.2, 0.25) is 0 Å². The highest BCUT2D eigenvalue weighted by atomic mass is 32.2. The van der Waals surface area contributed by atoms with Gasteiger partial charge in [-0.25, -0.2) is 0 Å². The fraction of sp³-hybridized carbons (Fsp3) is 0.455. The van der Waals surface area contributed by atoms with Gasteiger partial charge >= 0.3 is 5.69 Å². The molecule has 1 fully saturated rings. The van der Waals surface area contributed by atoms with Crippen molar-refractivity contribution in [2.24, 2.45) is 11.8 Å². The largest absolute Gasteiger partial charge is 0.379 e. The summed E-state index contributed by atoms with van der Waals surface area (Å²) >= 11 is 1.93. The molecule has 0 saturated carbocycles. The molecule has 1 atom stereocenters. The predicted octanol–water partition coefficient (Wildman–Crippen LogP) is 2.05. The molecule has 6 nitrogen and oxygen atoms in total. The molecular formula is C11H16N4O2S. The summed E-state index contributed by atoms with van der Waals surface area (Å²) in [4.78, 5) is 10.6. The lowest BCUT2D eigenvalue weighted by Gasteiger charge is -2.12. The summed E-state index contributed by atoms with van der Waals surface area (Å²) in [6.45, 7) is 0.766. The van der Waals surface area contributed by atoms with Crippen molar-refractivity contribution in [1.82, 2.24) is 0 Å². The first-order valence-electron chi connectivity index (χ1n) is 5.78. The Morgan fingerprint density at radius 1 is 1.50 bits per heavy atom. The summed E-state index contributed by atoms with van der Waals surface area (Å²) in [6, 6.07) is 5.05. The van der Waals surface area contributed by atoms with Gasteiger partial charge in [0, 0.05) is 6.54 Å². The van der Waals surface area contributed by atoms with Crippen molar-refractivity contribution in [1.29, 1.82) is 0 Å². The number of anilines is 2. The van der Waals surface area contributed by atoms with E-state index in [1.165, 1.54) is 12.2 Å². The molecular weight excluding hydrogens is 252 g/mol. The smallest absolute Gasteiger partial charge is 0.316 e.